The number of thiocarbonyl (C=S) groups is 1. The van der Waals surface area contributed by atoms with Crippen LogP contribution in [0.4, 0.5) is 5.69 Å². The maximum absolute atomic E-state index is 12.7. The Kier molecular flexibility index (Phi) is 8.27. The molecule has 0 radical (unpaired) electrons. The van der Waals surface area contributed by atoms with Crippen molar-refractivity contribution >= 4 is 54.9 Å². The van der Waals surface area contributed by atoms with Crippen LogP contribution in [0.1, 0.15) is 10.4 Å². The minimum atomic E-state index is -3.67. The van der Waals surface area contributed by atoms with Gasteiger partial charge in [-0.25, -0.2) is 8.42 Å². The molecule has 0 fully saturated rings. The summed E-state index contributed by atoms with van der Waals surface area (Å²) in [6, 6.07) is 13.0. The molecule has 0 unspecified atom stereocenters. The molecule has 0 saturated heterocycles. The number of amides is 1. The average molecular weight is 494 g/mol. The van der Waals surface area contributed by atoms with Gasteiger partial charge in [0.2, 0.25) is 10.0 Å². The number of benzene rings is 2. The molecule has 2 aromatic rings. The maximum atomic E-state index is 12.7. The van der Waals surface area contributed by atoms with Crippen molar-refractivity contribution in [1.82, 2.24) is 9.62 Å². The number of nitrogens with one attached hydrogen (secondary N) is 2. The smallest absolute Gasteiger partial charge is 0.257 e. The lowest BCUT2D eigenvalue weighted by molar-refractivity contribution is 0.0977. The first-order valence-corrected chi connectivity index (χ1v) is 11.1. The topological polar surface area (TPSA) is 78.5 Å². The molecule has 0 heterocycles. The molecular formula is C20H20BrN3O3S2. The molecule has 152 valence electrons. The van der Waals surface area contributed by atoms with Crippen LogP contribution in [0.3, 0.4) is 0 Å². The molecule has 0 aromatic heterocycles. The predicted molar refractivity (Wildman–Crippen MR) is 123 cm³/mol. The summed E-state index contributed by atoms with van der Waals surface area (Å²) in [4.78, 5) is 12.4. The van der Waals surface area contributed by atoms with Crippen molar-refractivity contribution in [2.24, 2.45) is 0 Å². The lowest BCUT2D eigenvalue weighted by Crippen LogP contribution is -2.34. The predicted octanol–water partition coefficient (Wildman–Crippen LogP) is 3.94. The second-order valence-electron chi connectivity index (χ2n) is 5.84. The number of hydrogen-bond acceptors (Lipinski definition) is 4. The summed E-state index contributed by atoms with van der Waals surface area (Å²) >= 11 is 8.47. The Labute approximate surface area is 184 Å². The van der Waals surface area contributed by atoms with Gasteiger partial charge in [0.1, 0.15) is 0 Å². The third-order valence-electron chi connectivity index (χ3n) is 3.73. The summed E-state index contributed by atoms with van der Waals surface area (Å²) in [5.74, 6) is -0.354. The first-order chi connectivity index (χ1) is 13.8. The zero-order chi connectivity index (χ0) is 21.4. The van der Waals surface area contributed by atoms with Crippen LogP contribution in [0.25, 0.3) is 0 Å². The number of nitrogens with zero attached hydrogens (tertiary/aromatic N) is 1. The van der Waals surface area contributed by atoms with Crippen LogP contribution >= 0.6 is 28.1 Å². The highest BCUT2D eigenvalue weighted by atomic mass is 79.9. The Hall–Kier alpha value is -2.33. The maximum Gasteiger partial charge on any atom is 0.257 e. The Balaban J connectivity index is 2.06. The number of rotatable bonds is 8. The summed E-state index contributed by atoms with van der Waals surface area (Å²) < 4.78 is 27.4. The number of anilines is 1. The van der Waals surface area contributed by atoms with E-state index in [-0.39, 0.29) is 29.0 Å². The van der Waals surface area contributed by atoms with Gasteiger partial charge in [0.25, 0.3) is 5.91 Å². The highest BCUT2D eigenvalue weighted by Gasteiger charge is 2.22. The second kappa shape index (κ2) is 10.4. The lowest BCUT2D eigenvalue weighted by Gasteiger charge is -2.19. The molecule has 0 aliphatic carbocycles. The summed E-state index contributed by atoms with van der Waals surface area (Å²) in [6.45, 7) is 7.53. The van der Waals surface area contributed by atoms with E-state index in [9.17, 15) is 13.2 Å². The van der Waals surface area contributed by atoms with E-state index in [0.717, 1.165) is 4.47 Å². The van der Waals surface area contributed by atoms with E-state index in [2.05, 4.69) is 39.7 Å². The van der Waals surface area contributed by atoms with E-state index in [0.29, 0.717) is 11.3 Å². The minimum Gasteiger partial charge on any atom is -0.332 e. The molecule has 2 rings (SSSR count). The molecule has 0 aliphatic rings. The van der Waals surface area contributed by atoms with E-state index < -0.39 is 10.0 Å². The van der Waals surface area contributed by atoms with Crippen LogP contribution in [0.2, 0.25) is 0 Å². The summed E-state index contributed by atoms with van der Waals surface area (Å²) in [7, 11) is -3.67. The van der Waals surface area contributed by atoms with Gasteiger partial charge in [0.15, 0.2) is 5.11 Å². The molecule has 1 amide bonds. The van der Waals surface area contributed by atoms with Crippen molar-refractivity contribution in [2.45, 2.75) is 4.90 Å². The zero-order valence-corrected chi connectivity index (χ0v) is 18.7. The van der Waals surface area contributed by atoms with Crippen molar-refractivity contribution in [3.8, 4) is 0 Å². The van der Waals surface area contributed by atoms with Crippen molar-refractivity contribution in [2.75, 3.05) is 18.4 Å². The number of hydrogen-bond donors (Lipinski definition) is 2. The SMILES string of the molecule is C=CCN(CC=C)S(=O)(=O)c1ccc(NC(=S)NC(=O)c2cccc(Br)c2)cc1. The first kappa shape index (κ1) is 23.0. The fourth-order valence-electron chi connectivity index (χ4n) is 2.39. The van der Waals surface area contributed by atoms with Gasteiger partial charge >= 0.3 is 0 Å². The van der Waals surface area contributed by atoms with E-state index in [1.807, 2.05) is 6.07 Å². The van der Waals surface area contributed by atoms with E-state index in [1.165, 1.54) is 28.6 Å². The van der Waals surface area contributed by atoms with E-state index >= 15 is 0 Å². The quantitative estimate of drug-likeness (QED) is 0.430. The van der Waals surface area contributed by atoms with Crippen molar-refractivity contribution < 1.29 is 13.2 Å². The van der Waals surface area contributed by atoms with Crippen LogP contribution in [0.15, 0.2) is 83.2 Å². The van der Waals surface area contributed by atoms with Gasteiger partial charge in [-0.2, -0.15) is 4.31 Å². The van der Waals surface area contributed by atoms with Crippen molar-refractivity contribution in [3.63, 3.8) is 0 Å². The molecule has 6 nitrogen and oxygen atoms in total. The van der Waals surface area contributed by atoms with Gasteiger partial charge < -0.3 is 5.32 Å². The third kappa shape index (κ3) is 6.33. The van der Waals surface area contributed by atoms with Crippen LogP contribution in [0.5, 0.6) is 0 Å². The molecule has 0 aliphatic heterocycles. The number of sulfonamides is 1. The van der Waals surface area contributed by atoms with Crippen LogP contribution < -0.4 is 10.6 Å². The second-order valence-corrected chi connectivity index (χ2v) is 9.10. The summed E-state index contributed by atoms with van der Waals surface area (Å²) in [6.07, 6.45) is 3.03. The standard InChI is InChI=1S/C20H20BrN3O3S2/c1-3-12-24(13-4-2)29(26,27)18-10-8-17(9-11-18)22-20(28)23-19(25)15-6-5-7-16(21)14-15/h3-11,14H,1-2,12-13H2,(H2,22,23,25,28). The highest BCUT2D eigenvalue weighted by Crippen LogP contribution is 2.19. The lowest BCUT2D eigenvalue weighted by atomic mass is 10.2. The number of halogens is 1. The fraction of sp³-hybridized carbons (Fsp3) is 0.100. The molecule has 0 saturated carbocycles. The Bertz CT molecular complexity index is 1010. The van der Waals surface area contributed by atoms with Gasteiger partial charge in [-0.15, -0.1) is 13.2 Å². The fourth-order valence-corrected chi connectivity index (χ4v) is 4.38. The van der Waals surface area contributed by atoms with Crippen LogP contribution in [-0.2, 0) is 10.0 Å². The number of carbonyl (C=O) groups is 1. The first-order valence-electron chi connectivity index (χ1n) is 8.48. The van der Waals surface area contributed by atoms with Gasteiger partial charge in [0, 0.05) is 28.8 Å². The summed E-state index contributed by atoms with van der Waals surface area (Å²) in [5.41, 5.74) is 0.997. The minimum absolute atomic E-state index is 0.102. The Morgan fingerprint density at radius 1 is 1.10 bits per heavy atom. The number of carbonyl (C=O) groups excluding carboxylic acids is 1. The highest BCUT2D eigenvalue weighted by molar-refractivity contribution is 9.10. The monoisotopic (exact) mass is 493 g/mol. The zero-order valence-electron chi connectivity index (χ0n) is 15.5. The third-order valence-corrected chi connectivity index (χ3v) is 6.27. The Morgan fingerprint density at radius 3 is 2.28 bits per heavy atom. The van der Waals surface area contributed by atoms with Crippen LogP contribution in [-0.4, -0.2) is 36.8 Å². The van der Waals surface area contributed by atoms with E-state index in [4.69, 9.17) is 12.2 Å². The van der Waals surface area contributed by atoms with Crippen LogP contribution in [0, 0.1) is 0 Å². The summed E-state index contributed by atoms with van der Waals surface area (Å²) in [5, 5.41) is 5.55. The van der Waals surface area contributed by atoms with Gasteiger partial charge in [-0.3, -0.25) is 10.1 Å². The molecule has 2 aromatic carbocycles. The molecule has 0 spiro atoms. The van der Waals surface area contributed by atoms with Gasteiger partial charge in [-0.1, -0.05) is 34.1 Å². The van der Waals surface area contributed by atoms with Gasteiger partial charge in [-0.05, 0) is 54.7 Å². The molecule has 29 heavy (non-hydrogen) atoms. The Morgan fingerprint density at radius 2 is 1.72 bits per heavy atom. The molecule has 0 atom stereocenters. The van der Waals surface area contributed by atoms with Crippen molar-refractivity contribution in [1.29, 1.82) is 0 Å². The van der Waals surface area contributed by atoms with Crippen molar-refractivity contribution in [3.05, 3.63) is 83.9 Å². The largest absolute Gasteiger partial charge is 0.332 e. The molecule has 0 bridgehead atoms. The molecule has 2 N–H and O–H groups in total. The molecular weight excluding hydrogens is 474 g/mol. The van der Waals surface area contributed by atoms with Gasteiger partial charge in [0.05, 0.1) is 4.90 Å². The normalized spacial score (nSPS) is 11.0. The van der Waals surface area contributed by atoms with E-state index in [1.54, 1.807) is 30.3 Å². The average Bonchev–Trinajstić information content (AvgIpc) is 2.68. The molecule has 9 heteroatoms.